The molecular weight excluding hydrogens is 252 g/mol. The summed E-state index contributed by atoms with van der Waals surface area (Å²) in [5.41, 5.74) is 9.78. The van der Waals surface area contributed by atoms with Crippen molar-refractivity contribution in [3.05, 3.63) is 27.2 Å². The summed E-state index contributed by atoms with van der Waals surface area (Å²) in [6, 6.07) is 0. The summed E-state index contributed by atoms with van der Waals surface area (Å²) in [6.07, 6.45) is 0.938. The molecule has 0 spiro atoms. The molecule has 0 radical (unpaired) electrons. The third kappa shape index (κ3) is 2.83. The van der Waals surface area contributed by atoms with E-state index in [1.165, 1.54) is 4.88 Å². The molecule has 2 N–H and O–H groups in total. The van der Waals surface area contributed by atoms with Gasteiger partial charge in [-0.1, -0.05) is 6.92 Å². The van der Waals surface area contributed by atoms with Crippen molar-refractivity contribution in [3.8, 4) is 0 Å². The fourth-order valence-electron chi connectivity index (χ4n) is 1.59. The van der Waals surface area contributed by atoms with Gasteiger partial charge in [0, 0.05) is 23.8 Å². The zero-order valence-corrected chi connectivity index (χ0v) is 11.6. The van der Waals surface area contributed by atoms with Crippen LogP contribution in [0.1, 0.15) is 23.2 Å². The van der Waals surface area contributed by atoms with E-state index in [1.807, 2.05) is 12.6 Å². The molecule has 0 aromatic carbocycles. The smallest absolute Gasteiger partial charge is 0.185 e. The van der Waals surface area contributed by atoms with Crippen molar-refractivity contribution >= 4 is 27.8 Å². The maximum atomic E-state index is 5.72. The fraction of sp³-hybridized carbons (Fsp3) is 0.455. The summed E-state index contributed by atoms with van der Waals surface area (Å²) in [7, 11) is 2.04. The first-order valence-corrected chi connectivity index (χ1v) is 7.27. The van der Waals surface area contributed by atoms with Gasteiger partial charge in [0.2, 0.25) is 0 Å². The van der Waals surface area contributed by atoms with Gasteiger partial charge in [-0.05, 0) is 6.42 Å². The molecule has 0 aliphatic carbocycles. The second-order valence-corrected chi connectivity index (χ2v) is 5.54. The van der Waals surface area contributed by atoms with E-state index >= 15 is 0 Å². The Morgan fingerprint density at radius 3 is 2.82 bits per heavy atom. The van der Waals surface area contributed by atoms with Gasteiger partial charge in [-0.15, -0.1) is 22.7 Å². The topological polar surface area (TPSA) is 55.0 Å². The standard InChI is InChI=1S/C11H16N4S2/c1-3-9-10(4-12)17-11(14-9)15(2)5-8-6-16-7-13-8/h6-7H,3-5,12H2,1-2H3. The molecule has 0 saturated heterocycles. The van der Waals surface area contributed by atoms with Crippen LogP contribution >= 0.6 is 22.7 Å². The Hall–Kier alpha value is -0.980. The molecule has 0 aliphatic rings. The van der Waals surface area contributed by atoms with Crippen LogP contribution in [-0.4, -0.2) is 17.0 Å². The van der Waals surface area contributed by atoms with Gasteiger partial charge in [0.1, 0.15) is 0 Å². The van der Waals surface area contributed by atoms with Gasteiger partial charge < -0.3 is 10.6 Å². The van der Waals surface area contributed by atoms with Crippen LogP contribution in [0.15, 0.2) is 10.9 Å². The molecule has 0 amide bonds. The summed E-state index contributed by atoms with van der Waals surface area (Å²) in [5.74, 6) is 0. The lowest BCUT2D eigenvalue weighted by Crippen LogP contribution is -2.16. The lowest BCUT2D eigenvalue weighted by molar-refractivity contribution is 0.878. The molecule has 6 heteroatoms. The van der Waals surface area contributed by atoms with Gasteiger partial charge >= 0.3 is 0 Å². The van der Waals surface area contributed by atoms with E-state index < -0.39 is 0 Å². The quantitative estimate of drug-likeness (QED) is 0.903. The third-order valence-electron chi connectivity index (χ3n) is 2.50. The second kappa shape index (κ2) is 5.57. The predicted molar refractivity (Wildman–Crippen MR) is 73.6 cm³/mol. The Bertz CT molecular complexity index is 442. The average Bonchev–Trinajstić information content (AvgIpc) is 2.96. The highest BCUT2D eigenvalue weighted by Gasteiger charge is 2.12. The molecule has 92 valence electrons. The van der Waals surface area contributed by atoms with E-state index in [1.54, 1.807) is 22.7 Å². The minimum atomic E-state index is 0.575. The molecule has 0 atom stereocenters. The number of hydrogen-bond acceptors (Lipinski definition) is 6. The Morgan fingerprint density at radius 2 is 2.29 bits per heavy atom. The Labute approximate surface area is 109 Å². The van der Waals surface area contributed by atoms with Crippen LogP contribution in [-0.2, 0) is 19.5 Å². The summed E-state index contributed by atoms with van der Waals surface area (Å²) >= 11 is 3.30. The van der Waals surface area contributed by atoms with E-state index in [0.29, 0.717) is 6.54 Å². The molecule has 0 saturated carbocycles. The number of aryl methyl sites for hydroxylation is 1. The van der Waals surface area contributed by atoms with Crippen molar-refractivity contribution in [2.24, 2.45) is 5.73 Å². The van der Waals surface area contributed by atoms with E-state index in [9.17, 15) is 0 Å². The van der Waals surface area contributed by atoms with Crippen LogP contribution in [0.3, 0.4) is 0 Å². The van der Waals surface area contributed by atoms with Crippen molar-refractivity contribution in [2.45, 2.75) is 26.4 Å². The summed E-state index contributed by atoms with van der Waals surface area (Å²) in [5, 5.41) is 3.09. The lowest BCUT2D eigenvalue weighted by atomic mass is 10.3. The lowest BCUT2D eigenvalue weighted by Gasteiger charge is -2.13. The molecule has 2 heterocycles. The van der Waals surface area contributed by atoms with E-state index in [4.69, 9.17) is 5.73 Å². The number of rotatable bonds is 5. The minimum absolute atomic E-state index is 0.575. The van der Waals surface area contributed by atoms with Gasteiger partial charge in [-0.25, -0.2) is 9.97 Å². The van der Waals surface area contributed by atoms with Crippen LogP contribution in [0.25, 0.3) is 0 Å². The predicted octanol–water partition coefficient (Wildman–Crippen LogP) is 2.26. The number of aromatic nitrogens is 2. The van der Waals surface area contributed by atoms with Crippen molar-refractivity contribution in [2.75, 3.05) is 11.9 Å². The SMILES string of the molecule is CCc1nc(N(C)Cc2cscn2)sc1CN. The van der Waals surface area contributed by atoms with Crippen LogP contribution in [0.2, 0.25) is 0 Å². The van der Waals surface area contributed by atoms with Gasteiger partial charge in [-0.2, -0.15) is 0 Å². The zero-order valence-electron chi connectivity index (χ0n) is 10.0. The summed E-state index contributed by atoms with van der Waals surface area (Å²) < 4.78 is 0. The van der Waals surface area contributed by atoms with Gasteiger partial charge in [-0.3, -0.25) is 0 Å². The van der Waals surface area contributed by atoms with Crippen molar-refractivity contribution in [1.29, 1.82) is 0 Å². The first-order valence-electron chi connectivity index (χ1n) is 5.51. The maximum Gasteiger partial charge on any atom is 0.185 e. The number of thiazole rings is 2. The van der Waals surface area contributed by atoms with Gasteiger partial charge in [0.15, 0.2) is 5.13 Å². The first-order chi connectivity index (χ1) is 8.24. The van der Waals surface area contributed by atoms with E-state index in [2.05, 4.69) is 27.2 Å². The second-order valence-electron chi connectivity index (χ2n) is 3.76. The molecule has 17 heavy (non-hydrogen) atoms. The molecule has 0 unspecified atom stereocenters. The molecule has 2 rings (SSSR count). The van der Waals surface area contributed by atoms with E-state index in [-0.39, 0.29) is 0 Å². The molecule has 4 nitrogen and oxygen atoms in total. The molecular formula is C11H16N4S2. The highest BCUT2D eigenvalue weighted by Crippen LogP contribution is 2.26. The number of nitrogens with two attached hydrogens (primary N) is 1. The van der Waals surface area contributed by atoms with Gasteiger partial charge in [0.25, 0.3) is 0 Å². The van der Waals surface area contributed by atoms with Crippen LogP contribution in [0.4, 0.5) is 5.13 Å². The highest BCUT2D eigenvalue weighted by atomic mass is 32.1. The molecule has 0 aliphatic heterocycles. The number of anilines is 1. The Kier molecular flexibility index (Phi) is 4.09. The van der Waals surface area contributed by atoms with E-state index in [0.717, 1.165) is 29.5 Å². The largest absolute Gasteiger partial charge is 0.345 e. The molecule has 0 bridgehead atoms. The highest BCUT2D eigenvalue weighted by molar-refractivity contribution is 7.15. The Balaban J connectivity index is 2.13. The summed E-state index contributed by atoms with van der Waals surface area (Å²) in [4.78, 5) is 12.2. The van der Waals surface area contributed by atoms with Crippen molar-refractivity contribution < 1.29 is 0 Å². The summed E-state index contributed by atoms with van der Waals surface area (Å²) in [6.45, 7) is 3.48. The number of hydrogen-bond donors (Lipinski definition) is 1. The van der Waals surface area contributed by atoms with Crippen molar-refractivity contribution in [1.82, 2.24) is 9.97 Å². The molecule has 0 fully saturated rings. The third-order valence-corrected chi connectivity index (χ3v) is 4.37. The Morgan fingerprint density at radius 1 is 1.47 bits per heavy atom. The molecule has 2 aromatic rings. The van der Waals surface area contributed by atoms with Crippen LogP contribution in [0, 0.1) is 0 Å². The van der Waals surface area contributed by atoms with Crippen LogP contribution in [0.5, 0.6) is 0 Å². The minimum Gasteiger partial charge on any atom is -0.345 e. The normalized spacial score (nSPS) is 10.8. The van der Waals surface area contributed by atoms with Gasteiger partial charge in [0.05, 0.1) is 23.4 Å². The van der Waals surface area contributed by atoms with Crippen molar-refractivity contribution in [3.63, 3.8) is 0 Å². The maximum absolute atomic E-state index is 5.72. The number of nitrogens with zero attached hydrogens (tertiary/aromatic N) is 3. The zero-order chi connectivity index (χ0) is 12.3. The first kappa shape index (κ1) is 12.5. The molecule has 2 aromatic heterocycles. The van der Waals surface area contributed by atoms with Crippen LogP contribution < -0.4 is 10.6 Å². The fourth-order valence-corrected chi connectivity index (χ4v) is 3.13. The average molecular weight is 268 g/mol. The monoisotopic (exact) mass is 268 g/mol.